The number of nitrogens with one attached hydrogen (secondary N) is 2. The van der Waals surface area contributed by atoms with Crippen LogP contribution in [0.15, 0.2) is 23.3 Å². The standard InChI is InChI=1S/C21H37N5O2.HI/c1-4-22-21(23-11-7-12-27-16-19-10-13-28-17-19)25-15-18-8-9-20(24-14-18)26(5-2)6-3;/h8-9,14,19H,4-7,10-13,15-17H2,1-3H3,(H2,22,23,25);1H. The minimum Gasteiger partial charge on any atom is -0.381 e. The number of hydrogen-bond donors (Lipinski definition) is 2. The van der Waals surface area contributed by atoms with Crippen LogP contribution in [-0.2, 0) is 16.0 Å². The molecular weight excluding hydrogens is 481 g/mol. The molecule has 0 spiro atoms. The third-order valence-electron chi connectivity index (χ3n) is 4.80. The Labute approximate surface area is 193 Å². The topological polar surface area (TPSA) is 71.0 Å². The number of hydrogen-bond acceptors (Lipinski definition) is 5. The van der Waals surface area contributed by atoms with E-state index in [-0.39, 0.29) is 24.0 Å². The van der Waals surface area contributed by atoms with E-state index in [1.807, 2.05) is 6.20 Å². The maximum atomic E-state index is 5.75. The number of aromatic nitrogens is 1. The van der Waals surface area contributed by atoms with Crippen molar-refractivity contribution < 1.29 is 9.47 Å². The monoisotopic (exact) mass is 519 g/mol. The summed E-state index contributed by atoms with van der Waals surface area (Å²) in [4.78, 5) is 11.5. The molecule has 1 aromatic rings. The highest BCUT2D eigenvalue weighted by Crippen LogP contribution is 2.12. The van der Waals surface area contributed by atoms with Crippen LogP contribution < -0.4 is 15.5 Å². The fourth-order valence-electron chi connectivity index (χ4n) is 3.10. The number of rotatable bonds is 12. The van der Waals surface area contributed by atoms with Crippen molar-refractivity contribution in [3.05, 3.63) is 23.9 Å². The summed E-state index contributed by atoms with van der Waals surface area (Å²) in [6.07, 6.45) is 4.00. The lowest BCUT2D eigenvalue weighted by Crippen LogP contribution is -2.38. The predicted molar refractivity (Wildman–Crippen MR) is 130 cm³/mol. The molecule has 1 atom stereocenters. The lowest BCUT2D eigenvalue weighted by molar-refractivity contribution is 0.0888. The third-order valence-corrected chi connectivity index (χ3v) is 4.80. The smallest absolute Gasteiger partial charge is 0.191 e. The molecule has 8 heteroatoms. The molecular formula is C21H38IN5O2. The van der Waals surface area contributed by atoms with Gasteiger partial charge >= 0.3 is 0 Å². The van der Waals surface area contributed by atoms with Crippen LogP contribution in [-0.4, -0.2) is 63.6 Å². The number of nitrogens with zero attached hydrogens (tertiary/aromatic N) is 3. The van der Waals surface area contributed by atoms with Gasteiger partial charge in [-0.05, 0) is 45.2 Å². The van der Waals surface area contributed by atoms with Crippen molar-refractivity contribution in [2.45, 2.75) is 40.2 Å². The van der Waals surface area contributed by atoms with Gasteiger partial charge in [-0.25, -0.2) is 9.98 Å². The van der Waals surface area contributed by atoms with Crippen LogP contribution in [0.25, 0.3) is 0 Å². The lowest BCUT2D eigenvalue weighted by Gasteiger charge is -2.19. The molecule has 1 fully saturated rings. The number of guanidine groups is 1. The number of ether oxygens (including phenoxy) is 2. The van der Waals surface area contributed by atoms with Gasteiger partial charge in [-0.1, -0.05) is 6.07 Å². The Morgan fingerprint density at radius 1 is 1.28 bits per heavy atom. The van der Waals surface area contributed by atoms with Gasteiger partial charge in [-0.3, -0.25) is 0 Å². The molecule has 0 amide bonds. The Morgan fingerprint density at radius 3 is 2.72 bits per heavy atom. The van der Waals surface area contributed by atoms with E-state index in [0.29, 0.717) is 12.5 Å². The van der Waals surface area contributed by atoms with Crippen molar-refractivity contribution in [2.75, 3.05) is 57.5 Å². The first-order valence-electron chi connectivity index (χ1n) is 10.6. The lowest BCUT2D eigenvalue weighted by atomic mass is 10.1. The molecule has 29 heavy (non-hydrogen) atoms. The number of pyridine rings is 1. The molecule has 166 valence electrons. The molecule has 1 saturated heterocycles. The van der Waals surface area contributed by atoms with Crippen molar-refractivity contribution in [2.24, 2.45) is 10.9 Å². The van der Waals surface area contributed by atoms with E-state index in [9.17, 15) is 0 Å². The predicted octanol–water partition coefficient (Wildman–Crippen LogP) is 3.04. The number of halogens is 1. The summed E-state index contributed by atoms with van der Waals surface area (Å²) in [5.41, 5.74) is 1.11. The summed E-state index contributed by atoms with van der Waals surface area (Å²) >= 11 is 0. The highest BCUT2D eigenvalue weighted by molar-refractivity contribution is 14.0. The van der Waals surface area contributed by atoms with E-state index in [2.05, 4.69) is 58.4 Å². The van der Waals surface area contributed by atoms with Crippen molar-refractivity contribution in [3.8, 4) is 0 Å². The summed E-state index contributed by atoms with van der Waals surface area (Å²) in [6, 6.07) is 4.18. The molecule has 2 N–H and O–H groups in total. The van der Waals surface area contributed by atoms with Crippen molar-refractivity contribution in [1.29, 1.82) is 0 Å². The van der Waals surface area contributed by atoms with Crippen LogP contribution in [0, 0.1) is 5.92 Å². The Balaban J connectivity index is 0.00000420. The van der Waals surface area contributed by atoms with Gasteiger partial charge in [0.1, 0.15) is 5.82 Å². The minimum absolute atomic E-state index is 0. The zero-order valence-electron chi connectivity index (χ0n) is 18.2. The van der Waals surface area contributed by atoms with Crippen molar-refractivity contribution in [3.63, 3.8) is 0 Å². The fraction of sp³-hybridized carbons (Fsp3) is 0.714. The molecule has 0 bridgehead atoms. The molecule has 1 unspecified atom stereocenters. The van der Waals surface area contributed by atoms with Gasteiger partial charge in [-0.2, -0.15) is 0 Å². The van der Waals surface area contributed by atoms with Crippen LogP contribution in [0.2, 0.25) is 0 Å². The zero-order valence-corrected chi connectivity index (χ0v) is 20.5. The first kappa shape index (κ1) is 25.9. The van der Waals surface area contributed by atoms with Gasteiger partial charge < -0.3 is 25.0 Å². The molecule has 2 heterocycles. The highest BCUT2D eigenvalue weighted by atomic mass is 127. The molecule has 0 aromatic carbocycles. The van der Waals surface area contributed by atoms with Gasteiger partial charge in [-0.15, -0.1) is 24.0 Å². The first-order valence-corrected chi connectivity index (χ1v) is 10.6. The maximum Gasteiger partial charge on any atom is 0.191 e. The van der Waals surface area contributed by atoms with Gasteiger partial charge in [0.15, 0.2) is 5.96 Å². The van der Waals surface area contributed by atoms with Gasteiger partial charge in [0.05, 0.1) is 19.8 Å². The fourth-order valence-corrected chi connectivity index (χ4v) is 3.10. The second-order valence-electron chi connectivity index (χ2n) is 6.98. The van der Waals surface area contributed by atoms with E-state index in [0.717, 1.165) is 82.8 Å². The van der Waals surface area contributed by atoms with Gasteiger partial charge in [0.25, 0.3) is 0 Å². The minimum atomic E-state index is 0. The Bertz CT molecular complexity index is 561. The molecule has 0 aliphatic carbocycles. The largest absolute Gasteiger partial charge is 0.381 e. The van der Waals surface area contributed by atoms with Crippen LogP contribution in [0.1, 0.15) is 39.2 Å². The van der Waals surface area contributed by atoms with E-state index < -0.39 is 0 Å². The van der Waals surface area contributed by atoms with Crippen LogP contribution >= 0.6 is 24.0 Å². The number of anilines is 1. The van der Waals surface area contributed by atoms with Gasteiger partial charge in [0, 0.05) is 51.5 Å². The quantitative estimate of drug-likeness (QED) is 0.192. The van der Waals surface area contributed by atoms with E-state index in [4.69, 9.17) is 9.47 Å². The van der Waals surface area contributed by atoms with Crippen LogP contribution in [0.3, 0.4) is 0 Å². The molecule has 2 rings (SSSR count). The van der Waals surface area contributed by atoms with E-state index >= 15 is 0 Å². The maximum absolute atomic E-state index is 5.75. The second kappa shape index (κ2) is 15.7. The molecule has 1 aliphatic rings. The summed E-state index contributed by atoms with van der Waals surface area (Å²) in [5.74, 6) is 2.43. The molecule has 0 radical (unpaired) electrons. The van der Waals surface area contributed by atoms with E-state index in [1.165, 1.54) is 0 Å². The molecule has 1 aliphatic heterocycles. The van der Waals surface area contributed by atoms with Gasteiger partial charge in [0.2, 0.25) is 0 Å². The zero-order chi connectivity index (χ0) is 20.0. The molecule has 7 nitrogen and oxygen atoms in total. The highest BCUT2D eigenvalue weighted by Gasteiger charge is 2.15. The number of aliphatic imine (C=N–C) groups is 1. The SMILES string of the molecule is CCNC(=NCc1ccc(N(CC)CC)nc1)NCCCOCC1CCOC1.I. The Hall–Kier alpha value is -1.13. The average molecular weight is 519 g/mol. The molecule has 0 saturated carbocycles. The molecule has 1 aromatic heterocycles. The van der Waals surface area contributed by atoms with Crippen LogP contribution in [0.4, 0.5) is 5.82 Å². The summed E-state index contributed by atoms with van der Waals surface area (Å²) in [7, 11) is 0. The van der Waals surface area contributed by atoms with Crippen LogP contribution in [0.5, 0.6) is 0 Å². The van der Waals surface area contributed by atoms with E-state index in [1.54, 1.807) is 0 Å². The van der Waals surface area contributed by atoms with Crippen molar-refractivity contribution in [1.82, 2.24) is 15.6 Å². The second-order valence-corrected chi connectivity index (χ2v) is 6.98. The Kier molecular flexibility index (Phi) is 14.0. The average Bonchev–Trinajstić information content (AvgIpc) is 3.24. The Morgan fingerprint density at radius 2 is 2.10 bits per heavy atom. The summed E-state index contributed by atoms with van der Waals surface area (Å²) < 4.78 is 11.1. The summed E-state index contributed by atoms with van der Waals surface area (Å²) in [6.45, 7) is 13.9. The normalized spacial score (nSPS) is 16.4. The first-order chi connectivity index (χ1) is 13.8. The third kappa shape index (κ3) is 9.95. The summed E-state index contributed by atoms with van der Waals surface area (Å²) in [5, 5.41) is 6.66. The van der Waals surface area contributed by atoms with Crippen molar-refractivity contribution >= 4 is 35.8 Å².